The average Bonchev–Trinajstić information content (AvgIpc) is 2.93. The van der Waals surface area contributed by atoms with Crippen LogP contribution in [0.15, 0.2) is 6.33 Å². The molecule has 96 valence electrons. The maximum atomic E-state index is 5.81. The lowest BCUT2D eigenvalue weighted by atomic mass is 10.2. The van der Waals surface area contributed by atoms with E-state index in [9.17, 15) is 0 Å². The number of fused-ring (bicyclic) bond motifs is 1. The highest BCUT2D eigenvalue weighted by molar-refractivity contribution is 6.28. The van der Waals surface area contributed by atoms with Crippen LogP contribution in [0, 0.1) is 0 Å². The molecule has 18 heavy (non-hydrogen) atoms. The van der Waals surface area contributed by atoms with Gasteiger partial charge in [-0.15, -0.1) is 0 Å². The zero-order valence-electron chi connectivity index (χ0n) is 9.58. The summed E-state index contributed by atoms with van der Waals surface area (Å²) in [5.41, 5.74) is 12.5. The summed E-state index contributed by atoms with van der Waals surface area (Å²) in [6.45, 7) is 0.515. The molecule has 2 aromatic heterocycles. The van der Waals surface area contributed by atoms with Gasteiger partial charge in [0.2, 0.25) is 5.28 Å². The minimum absolute atomic E-state index is 0.0853. The fourth-order valence-electron chi connectivity index (χ4n) is 2.19. The van der Waals surface area contributed by atoms with Gasteiger partial charge in [0.05, 0.1) is 12.4 Å². The van der Waals surface area contributed by atoms with Gasteiger partial charge >= 0.3 is 0 Å². The van der Waals surface area contributed by atoms with Crippen LogP contribution in [-0.4, -0.2) is 32.2 Å². The molecule has 1 aliphatic heterocycles. The van der Waals surface area contributed by atoms with E-state index < -0.39 is 0 Å². The summed E-state index contributed by atoms with van der Waals surface area (Å²) >= 11 is 5.81. The molecule has 0 saturated carbocycles. The Balaban J connectivity index is 2.03. The molecule has 0 bridgehead atoms. The molecular weight excluding hydrogens is 256 g/mol. The molecule has 3 heterocycles. The van der Waals surface area contributed by atoms with Crippen LogP contribution in [0.2, 0.25) is 5.28 Å². The first kappa shape index (κ1) is 11.6. The highest BCUT2D eigenvalue weighted by Crippen LogP contribution is 2.30. The van der Waals surface area contributed by atoms with E-state index in [-0.39, 0.29) is 23.4 Å². The van der Waals surface area contributed by atoms with Gasteiger partial charge in [0.1, 0.15) is 11.7 Å². The summed E-state index contributed by atoms with van der Waals surface area (Å²) in [6, 6.07) is 0. The normalized spacial score (nSPS) is 23.9. The highest BCUT2D eigenvalue weighted by Gasteiger charge is 2.27. The molecular formula is C10H13ClN6O. The fourth-order valence-corrected chi connectivity index (χ4v) is 2.36. The topological polar surface area (TPSA) is 105 Å². The standard InChI is InChI=1S/C10H13ClN6O/c11-10-15-8(13)7-9(16-10)17(4-14-7)6-2-1-5(3-12)18-6/h4-6H,1-3,12H2,(H2,13,15,16)/t5-,6+/m0/s1. The number of anilines is 1. The van der Waals surface area contributed by atoms with E-state index in [1.54, 1.807) is 6.33 Å². The predicted molar refractivity (Wildman–Crippen MR) is 66.9 cm³/mol. The summed E-state index contributed by atoms with van der Waals surface area (Å²) in [6.07, 6.45) is 3.41. The molecule has 4 N–H and O–H groups in total. The molecule has 1 saturated heterocycles. The molecule has 0 aliphatic carbocycles. The second-order valence-corrected chi connectivity index (χ2v) is 4.57. The van der Waals surface area contributed by atoms with Crippen molar-refractivity contribution in [2.45, 2.75) is 25.2 Å². The number of hydrogen-bond acceptors (Lipinski definition) is 6. The first-order valence-corrected chi connectivity index (χ1v) is 6.08. The first-order chi connectivity index (χ1) is 8.69. The lowest BCUT2D eigenvalue weighted by Crippen LogP contribution is -2.20. The summed E-state index contributed by atoms with van der Waals surface area (Å²) in [5, 5.41) is 0.107. The van der Waals surface area contributed by atoms with Gasteiger partial charge in [-0.3, -0.25) is 4.57 Å². The van der Waals surface area contributed by atoms with Crippen molar-refractivity contribution >= 4 is 28.6 Å². The highest BCUT2D eigenvalue weighted by atomic mass is 35.5. The molecule has 0 aromatic carbocycles. The van der Waals surface area contributed by atoms with Gasteiger partial charge in [0, 0.05) is 6.54 Å². The maximum Gasteiger partial charge on any atom is 0.226 e. The number of nitrogens with two attached hydrogens (primary N) is 2. The Morgan fingerprint density at radius 2 is 2.28 bits per heavy atom. The quantitative estimate of drug-likeness (QED) is 0.777. The van der Waals surface area contributed by atoms with Crippen LogP contribution in [0.1, 0.15) is 19.1 Å². The van der Waals surface area contributed by atoms with Crippen LogP contribution < -0.4 is 11.5 Å². The Morgan fingerprint density at radius 3 is 3.00 bits per heavy atom. The molecule has 7 nitrogen and oxygen atoms in total. The third-order valence-electron chi connectivity index (χ3n) is 3.08. The molecule has 1 aliphatic rings. The maximum absolute atomic E-state index is 5.81. The Labute approximate surface area is 108 Å². The van der Waals surface area contributed by atoms with Crippen LogP contribution in [0.5, 0.6) is 0 Å². The van der Waals surface area contributed by atoms with Crippen molar-refractivity contribution in [1.29, 1.82) is 0 Å². The van der Waals surface area contributed by atoms with Gasteiger partial charge in [-0.2, -0.15) is 9.97 Å². The number of nitrogens with zero attached hydrogens (tertiary/aromatic N) is 4. The molecule has 2 aromatic rings. The van der Waals surface area contributed by atoms with Crippen LogP contribution in [0.4, 0.5) is 5.82 Å². The van der Waals surface area contributed by atoms with E-state index in [4.69, 9.17) is 27.8 Å². The van der Waals surface area contributed by atoms with Gasteiger partial charge in [-0.05, 0) is 24.4 Å². The summed E-state index contributed by atoms with van der Waals surface area (Å²) in [7, 11) is 0. The largest absolute Gasteiger partial charge is 0.382 e. The van der Waals surface area contributed by atoms with Crippen molar-refractivity contribution < 1.29 is 4.74 Å². The summed E-state index contributed by atoms with van der Waals surface area (Å²) in [5.74, 6) is 0.275. The van der Waals surface area contributed by atoms with Gasteiger partial charge < -0.3 is 16.2 Å². The Bertz CT molecular complexity index is 585. The molecule has 1 fully saturated rings. The van der Waals surface area contributed by atoms with Crippen molar-refractivity contribution in [2.24, 2.45) is 5.73 Å². The number of aromatic nitrogens is 4. The fraction of sp³-hybridized carbons (Fsp3) is 0.500. The van der Waals surface area contributed by atoms with Crippen LogP contribution in [0.25, 0.3) is 11.2 Å². The molecule has 0 unspecified atom stereocenters. The minimum Gasteiger partial charge on any atom is -0.382 e. The van der Waals surface area contributed by atoms with Crippen LogP contribution >= 0.6 is 11.6 Å². The van der Waals surface area contributed by atoms with Crippen LogP contribution in [0.3, 0.4) is 0 Å². The second kappa shape index (κ2) is 4.34. The van der Waals surface area contributed by atoms with Gasteiger partial charge in [-0.1, -0.05) is 0 Å². The molecule has 8 heteroatoms. The Hall–Kier alpha value is -1.44. The second-order valence-electron chi connectivity index (χ2n) is 4.23. The smallest absolute Gasteiger partial charge is 0.226 e. The Kier molecular flexibility index (Phi) is 2.81. The molecule has 0 amide bonds. The lowest BCUT2D eigenvalue weighted by Gasteiger charge is -2.14. The zero-order valence-corrected chi connectivity index (χ0v) is 10.3. The van der Waals surface area contributed by atoms with E-state index in [1.165, 1.54) is 0 Å². The van der Waals surface area contributed by atoms with Gasteiger partial charge in [0.25, 0.3) is 0 Å². The lowest BCUT2D eigenvalue weighted by molar-refractivity contribution is 0.00867. The average molecular weight is 269 g/mol. The number of ether oxygens (including phenoxy) is 1. The van der Waals surface area contributed by atoms with Crippen molar-refractivity contribution in [1.82, 2.24) is 19.5 Å². The predicted octanol–water partition coefficient (Wildman–Crippen LogP) is 0.698. The van der Waals surface area contributed by atoms with Crippen molar-refractivity contribution in [3.8, 4) is 0 Å². The van der Waals surface area contributed by atoms with E-state index in [1.807, 2.05) is 4.57 Å². The monoisotopic (exact) mass is 268 g/mol. The number of imidazole rings is 1. The van der Waals surface area contributed by atoms with Gasteiger partial charge in [0.15, 0.2) is 11.5 Å². The van der Waals surface area contributed by atoms with Crippen molar-refractivity contribution in [3.63, 3.8) is 0 Å². The van der Waals surface area contributed by atoms with E-state index >= 15 is 0 Å². The zero-order chi connectivity index (χ0) is 12.7. The number of halogens is 1. The number of nitrogen functional groups attached to an aromatic ring is 1. The van der Waals surface area contributed by atoms with E-state index in [2.05, 4.69) is 15.0 Å². The van der Waals surface area contributed by atoms with E-state index in [0.717, 1.165) is 12.8 Å². The van der Waals surface area contributed by atoms with Crippen molar-refractivity contribution in [3.05, 3.63) is 11.6 Å². The number of hydrogen-bond donors (Lipinski definition) is 2. The first-order valence-electron chi connectivity index (χ1n) is 5.70. The molecule has 3 rings (SSSR count). The van der Waals surface area contributed by atoms with E-state index in [0.29, 0.717) is 17.7 Å². The summed E-state index contributed by atoms with van der Waals surface area (Å²) in [4.78, 5) is 12.2. The molecule has 2 atom stereocenters. The summed E-state index contributed by atoms with van der Waals surface area (Å²) < 4.78 is 7.62. The SMILES string of the molecule is NC[C@@H]1CC[C@H](n2cnc3c(N)nc(Cl)nc32)O1. The van der Waals surface area contributed by atoms with Crippen molar-refractivity contribution in [2.75, 3.05) is 12.3 Å². The van der Waals surface area contributed by atoms with Crippen LogP contribution in [-0.2, 0) is 4.74 Å². The Morgan fingerprint density at radius 1 is 1.44 bits per heavy atom. The molecule has 0 spiro atoms. The third-order valence-corrected chi connectivity index (χ3v) is 3.25. The molecule has 0 radical (unpaired) electrons. The van der Waals surface area contributed by atoms with Gasteiger partial charge in [-0.25, -0.2) is 4.98 Å². The number of rotatable bonds is 2. The third kappa shape index (κ3) is 1.80. The minimum atomic E-state index is -0.117.